The van der Waals surface area contributed by atoms with E-state index in [1.807, 2.05) is 32.0 Å². The van der Waals surface area contributed by atoms with Gasteiger partial charge in [0.1, 0.15) is 0 Å². The Labute approximate surface area is 124 Å². The van der Waals surface area contributed by atoms with Crippen molar-refractivity contribution >= 4 is 5.91 Å². The molecule has 2 rings (SSSR count). The minimum atomic E-state index is -0.0908. The van der Waals surface area contributed by atoms with Crippen LogP contribution in [0.15, 0.2) is 30.6 Å². The quantitative estimate of drug-likeness (QED) is 0.750. The molecule has 2 aromatic rings. The Balaban J connectivity index is 2.14. The molecule has 0 spiro atoms. The molecule has 0 aromatic carbocycles. The van der Waals surface area contributed by atoms with Gasteiger partial charge in [-0.1, -0.05) is 19.9 Å². The number of hydrogen-bond acceptors (Lipinski definition) is 4. The Kier molecular flexibility index (Phi) is 5.45. The first kappa shape index (κ1) is 15.2. The van der Waals surface area contributed by atoms with Gasteiger partial charge in [-0.3, -0.25) is 4.79 Å². The molecule has 0 atom stereocenters. The van der Waals surface area contributed by atoms with E-state index in [0.29, 0.717) is 18.5 Å². The summed E-state index contributed by atoms with van der Waals surface area (Å²) in [6.45, 7) is 6.30. The number of amides is 1. The van der Waals surface area contributed by atoms with Crippen LogP contribution in [-0.2, 0) is 6.42 Å². The summed E-state index contributed by atoms with van der Waals surface area (Å²) in [6.07, 6.45) is 4.04. The smallest absolute Gasteiger partial charge is 0.254 e. The monoisotopic (exact) mass is 287 g/mol. The van der Waals surface area contributed by atoms with Gasteiger partial charge in [-0.2, -0.15) is 5.10 Å². The lowest BCUT2D eigenvalue weighted by atomic mass is 10.2. The molecule has 0 saturated carbocycles. The third-order valence-corrected chi connectivity index (χ3v) is 3.15. The first-order valence-electron chi connectivity index (χ1n) is 7.25. The van der Waals surface area contributed by atoms with Gasteiger partial charge in [-0.15, -0.1) is 0 Å². The highest BCUT2D eigenvalue weighted by atomic mass is 16.1. The maximum Gasteiger partial charge on any atom is 0.254 e. The molecule has 0 saturated heterocycles. The van der Waals surface area contributed by atoms with Crippen molar-refractivity contribution in [2.75, 3.05) is 19.6 Å². The first-order valence-corrected chi connectivity index (χ1v) is 7.25. The van der Waals surface area contributed by atoms with Crippen LogP contribution in [0.2, 0.25) is 0 Å². The molecule has 2 N–H and O–H groups in total. The summed E-state index contributed by atoms with van der Waals surface area (Å²) >= 11 is 0. The third kappa shape index (κ3) is 3.66. The second-order valence-corrected chi connectivity index (χ2v) is 4.57. The number of pyridine rings is 1. The second-order valence-electron chi connectivity index (χ2n) is 4.57. The number of hydrogen-bond donors (Lipinski definition) is 2. The van der Waals surface area contributed by atoms with Crippen LogP contribution < -0.4 is 10.6 Å². The van der Waals surface area contributed by atoms with Gasteiger partial charge < -0.3 is 10.6 Å². The number of carbonyl (C=O) groups excluding carboxylic acids is 1. The highest BCUT2D eigenvalue weighted by molar-refractivity contribution is 5.95. The number of nitrogens with zero attached hydrogens (tertiary/aromatic N) is 3. The van der Waals surface area contributed by atoms with Gasteiger partial charge in [-0.05, 0) is 25.1 Å². The molecular weight excluding hydrogens is 266 g/mol. The Morgan fingerprint density at radius 1 is 1.29 bits per heavy atom. The van der Waals surface area contributed by atoms with Crippen LogP contribution in [0.1, 0.15) is 29.9 Å². The van der Waals surface area contributed by atoms with Gasteiger partial charge in [0.15, 0.2) is 5.82 Å². The van der Waals surface area contributed by atoms with Gasteiger partial charge in [0, 0.05) is 19.3 Å². The maximum absolute atomic E-state index is 12.2. The van der Waals surface area contributed by atoms with Crippen molar-refractivity contribution in [3.05, 3.63) is 41.9 Å². The van der Waals surface area contributed by atoms with E-state index >= 15 is 0 Å². The first-order chi connectivity index (χ1) is 10.3. The molecule has 1 amide bonds. The average molecular weight is 287 g/mol. The SMILES string of the molecule is CCNCCNC(=O)c1cnn(-c2ccccn2)c1CC. The highest BCUT2D eigenvalue weighted by Gasteiger charge is 2.17. The Bertz CT molecular complexity index is 579. The van der Waals surface area contributed by atoms with E-state index in [4.69, 9.17) is 0 Å². The van der Waals surface area contributed by atoms with Crippen LogP contribution in [0, 0.1) is 0 Å². The number of nitrogens with one attached hydrogen (secondary N) is 2. The molecule has 0 aliphatic rings. The number of carbonyl (C=O) groups is 1. The van der Waals surface area contributed by atoms with Crippen LogP contribution in [0.4, 0.5) is 0 Å². The molecule has 0 unspecified atom stereocenters. The van der Waals surface area contributed by atoms with Crippen molar-refractivity contribution in [1.82, 2.24) is 25.4 Å². The summed E-state index contributed by atoms with van der Waals surface area (Å²) in [5.41, 5.74) is 1.48. The third-order valence-electron chi connectivity index (χ3n) is 3.15. The predicted octanol–water partition coefficient (Wildman–Crippen LogP) is 1.17. The Morgan fingerprint density at radius 2 is 2.14 bits per heavy atom. The zero-order valence-corrected chi connectivity index (χ0v) is 12.5. The van der Waals surface area contributed by atoms with Crippen LogP contribution in [0.3, 0.4) is 0 Å². The van der Waals surface area contributed by atoms with E-state index < -0.39 is 0 Å². The van der Waals surface area contributed by atoms with Gasteiger partial charge in [-0.25, -0.2) is 9.67 Å². The standard InChI is InChI=1S/C15H21N5O/c1-3-13-12(15(21)18-10-9-16-4-2)11-19-20(13)14-7-5-6-8-17-14/h5-8,11,16H,3-4,9-10H2,1-2H3,(H,18,21). The van der Waals surface area contributed by atoms with E-state index in [1.165, 1.54) is 0 Å². The lowest BCUT2D eigenvalue weighted by Gasteiger charge is -2.08. The Hall–Kier alpha value is -2.21. The fraction of sp³-hybridized carbons (Fsp3) is 0.400. The van der Waals surface area contributed by atoms with E-state index in [-0.39, 0.29) is 5.91 Å². The summed E-state index contributed by atoms with van der Waals surface area (Å²) in [6, 6.07) is 5.63. The fourth-order valence-corrected chi connectivity index (χ4v) is 2.12. The van der Waals surface area contributed by atoms with Crippen molar-refractivity contribution in [2.45, 2.75) is 20.3 Å². The second kappa shape index (κ2) is 7.54. The summed E-state index contributed by atoms with van der Waals surface area (Å²) < 4.78 is 1.72. The van der Waals surface area contributed by atoms with Crippen molar-refractivity contribution in [3.8, 4) is 5.82 Å². The normalized spacial score (nSPS) is 10.6. The molecule has 0 fully saturated rings. The number of likely N-dealkylation sites (N-methyl/N-ethyl adjacent to an activating group) is 1. The largest absolute Gasteiger partial charge is 0.351 e. The molecule has 6 nitrogen and oxygen atoms in total. The van der Waals surface area contributed by atoms with Crippen molar-refractivity contribution in [2.24, 2.45) is 0 Å². The molecule has 0 bridgehead atoms. The van der Waals surface area contributed by atoms with Crippen molar-refractivity contribution < 1.29 is 4.79 Å². The van der Waals surface area contributed by atoms with E-state index in [1.54, 1.807) is 17.1 Å². The zero-order chi connectivity index (χ0) is 15.1. The van der Waals surface area contributed by atoms with Gasteiger partial charge in [0.25, 0.3) is 5.91 Å². The highest BCUT2D eigenvalue weighted by Crippen LogP contribution is 2.13. The maximum atomic E-state index is 12.2. The van der Waals surface area contributed by atoms with Crippen LogP contribution in [0.5, 0.6) is 0 Å². The fourth-order valence-electron chi connectivity index (χ4n) is 2.12. The topological polar surface area (TPSA) is 71.8 Å². The molecule has 2 heterocycles. The lowest BCUT2D eigenvalue weighted by Crippen LogP contribution is -2.32. The molecule has 0 radical (unpaired) electrons. The van der Waals surface area contributed by atoms with E-state index in [9.17, 15) is 4.79 Å². The minimum absolute atomic E-state index is 0.0908. The summed E-state index contributed by atoms with van der Waals surface area (Å²) in [5, 5.41) is 10.4. The van der Waals surface area contributed by atoms with Gasteiger partial charge in [0.2, 0.25) is 0 Å². The van der Waals surface area contributed by atoms with Crippen LogP contribution in [0.25, 0.3) is 5.82 Å². The van der Waals surface area contributed by atoms with E-state index in [0.717, 1.165) is 24.6 Å². The minimum Gasteiger partial charge on any atom is -0.351 e. The summed E-state index contributed by atoms with van der Waals surface area (Å²) in [4.78, 5) is 16.5. The number of rotatable bonds is 7. The average Bonchev–Trinajstić information content (AvgIpc) is 2.96. The molecule has 0 aliphatic heterocycles. The van der Waals surface area contributed by atoms with Crippen LogP contribution in [-0.4, -0.2) is 40.3 Å². The molecule has 112 valence electrons. The molecule has 0 aliphatic carbocycles. The zero-order valence-electron chi connectivity index (χ0n) is 12.5. The summed E-state index contributed by atoms with van der Waals surface area (Å²) in [7, 11) is 0. The summed E-state index contributed by atoms with van der Waals surface area (Å²) in [5.74, 6) is 0.632. The van der Waals surface area contributed by atoms with E-state index in [2.05, 4.69) is 20.7 Å². The molecular formula is C15H21N5O. The molecule has 21 heavy (non-hydrogen) atoms. The number of aromatic nitrogens is 3. The lowest BCUT2D eigenvalue weighted by molar-refractivity contribution is 0.0953. The Morgan fingerprint density at radius 3 is 2.81 bits per heavy atom. The van der Waals surface area contributed by atoms with Crippen molar-refractivity contribution in [3.63, 3.8) is 0 Å². The van der Waals surface area contributed by atoms with Crippen molar-refractivity contribution in [1.29, 1.82) is 0 Å². The van der Waals surface area contributed by atoms with Crippen LogP contribution >= 0.6 is 0 Å². The van der Waals surface area contributed by atoms with Gasteiger partial charge >= 0.3 is 0 Å². The molecule has 6 heteroatoms. The van der Waals surface area contributed by atoms with Gasteiger partial charge in [0.05, 0.1) is 17.5 Å². The predicted molar refractivity (Wildman–Crippen MR) is 81.6 cm³/mol. The molecule has 2 aromatic heterocycles.